The van der Waals surface area contributed by atoms with Crippen LogP contribution in [0.25, 0.3) is 11.0 Å². The Morgan fingerprint density at radius 3 is 2.61 bits per heavy atom. The zero-order valence-corrected chi connectivity index (χ0v) is 16.9. The van der Waals surface area contributed by atoms with Gasteiger partial charge in [0.2, 0.25) is 0 Å². The number of nitrogens with two attached hydrogens (primary N) is 1. The summed E-state index contributed by atoms with van der Waals surface area (Å²) >= 11 is 0. The number of carbonyl (C=O) groups is 1. The van der Waals surface area contributed by atoms with Crippen LogP contribution in [0.3, 0.4) is 0 Å². The molecule has 1 aromatic carbocycles. The molecule has 172 valence electrons. The van der Waals surface area contributed by atoms with Gasteiger partial charge in [-0.15, -0.1) is 0 Å². The predicted molar refractivity (Wildman–Crippen MR) is 99.0 cm³/mol. The number of halogens is 5. The lowest BCUT2D eigenvalue weighted by molar-refractivity contribution is -0.158. The fourth-order valence-corrected chi connectivity index (χ4v) is 4.25. The molecule has 0 aliphatic carbocycles. The van der Waals surface area contributed by atoms with Gasteiger partial charge in [0.25, 0.3) is 10.2 Å². The summed E-state index contributed by atoms with van der Waals surface area (Å²) in [6.45, 7) is 1.12. The topological polar surface area (TPSA) is 118 Å². The van der Waals surface area contributed by atoms with Crippen molar-refractivity contribution < 1.29 is 39.6 Å². The fraction of sp³-hybridized carbons (Fsp3) is 0.471. The van der Waals surface area contributed by atoms with Crippen molar-refractivity contribution in [3.8, 4) is 0 Å². The number of piperidine rings is 1. The minimum absolute atomic E-state index is 0.129. The molecule has 4 N–H and O–H groups in total. The number of furan rings is 1. The van der Waals surface area contributed by atoms with Crippen molar-refractivity contribution in [1.82, 2.24) is 14.9 Å². The van der Waals surface area contributed by atoms with E-state index in [1.807, 2.05) is 0 Å². The Hall–Kier alpha value is -2.45. The second-order valence-electron chi connectivity index (χ2n) is 7.19. The lowest BCUT2D eigenvalue weighted by Gasteiger charge is -2.31. The maximum atomic E-state index is 13.9. The largest absolute Gasteiger partial charge is 0.455 e. The van der Waals surface area contributed by atoms with Crippen LogP contribution in [0.5, 0.6) is 0 Å². The Balaban J connectivity index is 1.83. The van der Waals surface area contributed by atoms with E-state index in [-0.39, 0.29) is 24.0 Å². The standard InChI is InChI=1S/C17H19F5N4O4S/c1-8-11-5-9(18)6-12(19)14(11)30-13(8)15(17(20,21)22)25-16(27)24-10-3-2-4-26(7-10)31(23,28)29/h5-6,10,15H,2-4,7H2,1H3,(H2,23,28,29)(H2,24,25,27)/t10?,15-/m1/s1. The third-order valence-electron chi connectivity index (χ3n) is 4.94. The smallest absolute Gasteiger partial charge is 0.416 e. The summed E-state index contributed by atoms with van der Waals surface area (Å²) in [5, 5.41) is 8.86. The summed E-state index contributed by atoms with van der Waals surface area (Å²) in [5.41, 5.74) is -0.754. The van der Waals surface area contributed by atoms with Crippen LogP contribution in [0.4, 0.5) is 26.7 Å². The van der Waals surface area contributed by atoms with Crippen molar-refractivity contribution in [1.29, 1.82) is 0 Å². The van der Waals surface area contributed by atoms with E-state index >= 15 is 0 Å². The Labute approximate surface area is 173 Å². The first kappa shape index (κ1) is 23.2. The van der Waals surface area contributed by atoms with Crippen LogP contribution in [0.15, 0.2) is 16.5 Å². The van der Waals surface area contributed by atoms with Crippen molar-refractivity contribution in [2.45, 2.75) is 38.0 Å². The van der Waals surface area contributed by atoms with E-state index in [9.17, 15) is 35.2 Å². The molecule has 3 rings (SSSR count). The van der Waals surface area contributed by atoms with Crippen molar-refractivity contribution in [3.05, 3.63) is 35.1 Å². The summed E-state index contributed by atoms with van der Waals surface area (Å²) in [7, 11) is -4.01. The van der Waals surface area contributed by atoms with Gasteiger partial charge in [-0.25, -0.2) is 18.7 Å². The highest BCUT2D eigenvalue weighted by Crippen LogP contribution is 2.39. The fourth-order valence-electron chi connectivity index (χ4n) is 3.48. The lowest BCUT2D eigenvalue weighted by atomic mass is 10.1. The third-order valence-corrected chi connectivity index (χ3v) is 5.99. The number of urea groups is 1. The number of nitrogens with one attached hydrogen (secondary N) is 2. The molecule has 0 spiro atoms. The number of carbonyl (C=O) groups excluding carboxylic acids is 1. The van der Waals surface area contributed by atoms with Gasteiger partial charge in [-0.1, -0.05) is 0 Å². The first-order chi connectivity index (χ1) is 14.3. The van der Waals surface area contributed by atoms with Crippen LogP contribution in [0, 0.1) is 18.6 Å². The van der Waals surface area contributed by atoms with E-state index in [0.29, 0.717) is 18.9 Å². The van der Waals surface area contributed by atoms with E-state index in [0.717, 1.165) is 10.4 Å². The molecule has 0 saturated carbocycles. The molecule has 2 heterocycles. The van der Waals surface area contributed by atoms with E-state index in [1.165, 1.54) is 6.92 Å². The normalized spacial score (nSPS) is 19.4. The molecule has 2 atom stereocenters. The molecule has 2 amide bonds. The number of benzene rings is 1. The molecule has 14 heteroatoms. The highest BCUT2D eigenvalue weighted by Gasteiger charge is 2.45. The predicted octanol–water partition coefficient (Wildman–Crippen LogP) is 2.59. The van der Waals surface area contributed by atoms with Crippen LogP contribution in [-0.2, 0) is 10.2 Å². The monoisotopic (exact) mass is 470 g/mol. The SMILES string of the molecule is Cc1c([C@@H](NC(=O)NC2CCCN(S(N)(=O)=O)C2)C(F)(F)F)oc2c(F)cc(F)cc12. The maximum Gasteiger partial charge on any atom is 0.416 e. The Kier molecular flexibility index (Phi) is 6.17. The minimum atomic E-state index is -5.02. The Morgan fingerprint density at radius 1 is 1.32 bits per heavy atom. The highest BCUT2D eigenvalue weighted by atomic mass is 32.2. The molecule has 8 nitrogen and oxygen atoms in total. The van der Waals surface area contributed by atoms with E-state index in [2.05, 4.69) is 5.32 Å². The first-order valence-electron chi connectivity index (χ1n) is 9.07. The van der Waals surface area contributed by atoms with Gasteiger partial charge >= 0.3 is 12.2 Å². The van der Waals surface area contributed by atoms with Gasteiger partial charge < -0.3 is 15.1 Å². The molecule has 1 aliphatic rings. The molecule has 1 saturated heterocycles. The minimum Gasteiger partial charge on any atom is -0.455 e. The van der Waals surface area contributed by atoms with Gasteiger partial charge in [-0.2, -0.15) is 25.9 Å². The molecule has 1 aromatic heterocycles. The van der Waals surface area contributed by atoms with Crippen LogP contribution >= 0.6 is 0 Å². The molecule has 1 aliphatic heterocycles. The van der Waals surface area contributed by atoms with Gasteiger partial charge in [-0.05, 0) is 25.8 Å². The number of aryl methyl sites for hydroxylation is 1. The Bertz CT molecular complexity index is 1100. The molecule has 0 radical (unpaired) electrons. The van der Waals surface area contributed by atoms with Gasteiger partial charge in [-0.3, -0.25) is 0 Å². The maximum absolute atomic E-state index is 13.9. The number of hydrogen-bond donors (Lipinski definition) is 3. The molecular formula is C17H19F5N4O4S. The van der Waals surface area contributed by atoms with Gasteiger partial charge in [0.15, 0.2) is 17.4 Å². The zero-order valence-electron chi connectivity index (χ0n) is 16.1. The van der Waals surface area contributed by atoms with Crippen molar-refractivity contribution >= 4 is 27.2 Å². The molecule has 1 unspecified atom stereocenters. The number of alkyl halides is 3. The van der Waals surface area contributed by atoms with E-state index < -0.39 is 57.5 Å². The summed E-state index contributed by atoms with van der Waals surface area (Å²) in [6.07, 6.45) is -4.36. The van der Waals surface area contributed by atoms with Crippen LogP contribution < -0.4 is 15.8 Å². The zero-order chi connectivity index (χ0) is 23.1. The summed E-state index contributed by atoms with van der Waals surface area (Å²) in [4.78, 5) is 12.2. The van der Waals surface area contributed by atoms with Gasteiger partial charge in [0.1, 0.15) is 11.6 Å². The Morgan fingerprint density at radius 2 is 2.00 bits per heavy atom. The second-order valence-corrected chi connectivity index (χ2v) is 8.74. The first-order valence-corrected chi connectivity index (χ1v) is 10.6. The van der Waals surface area contributed by atoms with Crippen molar-refractivity contribution in [3.63, 3.8) is 0 Å². The molecule has 31 heavy (non-hydrogen) atoms. The van der Waals surface area contributed by atoms with Gasteiger partial charge in [0.05, 0.1) is 0 Å². The summed E-state index contributed by atoms with van der Waals surface area (Å²) in [5.74, 6) is -2.97. The number of hydrogen-bond acceptors (Lipinski definition) is 4. The van der Waals surface area contributed by atoms with E-state index in [1.54, 1.807) is 5.32 Å². The number of fused-ring (bicyclic) bond motifs is 1. The average molecular weight is 470 g/mol. The number of amides is 2. The highest BCUT2D eigenvalue weighted by molar-refractivity contribution is 7.86. The van der Waals surface area contributed by atoms with Crippen LogP contribution in [0.1, 0.15) is 30.2 Å². The third kappa shape index (κ3) is 5.07. The van der Waals surface area contributed by atoms with Crippen LogP contribution in [0.2, 0.25) is 0 Å². The average Bonchev–Trinajstić information content (AvgIpc) is 2.95. The van der Waals surface area contributed by atoms with Crippen molar-refractivity contribution in [2.75, 3.05) is 13.1 Å². The van der Waals surface area contributed by atoms with E-state index in [4.69, 9.17) is 9.56 Å². The quantitative estimate of drug-likeness (QED) is 0.596. The molecule has 1 fully saturated rings. The molecule has 0 bridgehead atoms. The van der Waals surface area contributed by atoms with Gasteiger partial charge in [0, 0.05) is 36.1 Å². The second kappa shape index (κ2) is 8.24. The summed E-state index contributed by atoms with van der Waals surface area (Å²) in [6, 6.07) is -3.37. The number of rotatable bonds is 4. The molecular weight excluding hydrogens is 451 g/mol. The number of nitrogens with zero attached hydrogens (tertiary/aromatic N) is 1. The summed E-state index contributed by atoms with van der Waals surface area (Å²) < 4.78 is 97.2. The lowest BCUT2D eigenvalue weighted by Crippen LogP contribution is -2.54. The van der Waals surface area contributed by atoms with Crippen LogP contribution in [-0.4, -0.2) is 44.1 Å². The van der Waals surface area contributed by atoms with Crippen molar-refractivity contribution in [2.24, 2.45) is 5.14 Å². The molecule has 2 aromatic rings.